The number of aromatic nitrogens is 3. The topological polar surface area (TPSA) is 24.5 Å². The normalized spacial score (nSPS) is 11.9. The number of hydrogen-bond acceptors (Lipinski definition) is 5. The van der Waals surface area contributed by atoms with Crippen LogP contribution in [0.5, 0.6) is 0 Å². The molecular weight excluding hydrogens is 1920 g/mol. The van der Waals surface area contributed by atoms with E-state index in [1.807, 2.05) is 22.7 Å². The van der Waals surface area contributed by atoms with E-state index in [9.17, 15) is 0 Å². The predicted molar refractivity (Wildman–Crippen MR) is 603 cm³/mol. The molecule has 0 saturated carbocycles. The Hall–Kier alpha value is -15.8. The van der Waals surface area contributed by atoms with Gasteiger partial charge in [0.05, 0.1) is 0 Å². The second kappa shape index (κ2) is 33.6. The summed E-state index contributed by atoms with van der Waals surface area (Å²) < 4.78 is 21.2. The molecule has 22 aromatic carbocycles. The van der Waals surface area contributed by atoms with Crippen LogP contribution in [0, 0.1) is 0 Å². The van der Waals surface area contributed by atoms with Gasteiger partial charge in [-0.15, -0.1) is 0 Å². The van der Waals surface area contributed by atoms with Crippen LogP contribution in [-0.4, -0.2) is 57.2 Å². The molecule has 0 unspecified atom stereocenters. The molecule has 30 rings (SSSR count). The van der Waals surface area contributed by atoms with Gasteiger partial charge >= 0.3 is 815 Å². The molecule has 0 fully saturated rings. The first-order valence-electron chi connectivity index (χ1n) is 47.1. The Bertz CT molecular complexity index is 10200. The van der Waals surface area contributed by atoms with E-state index < -0.39 is 0 Å². The molecule has 0 radical (unpaired) electrons. The number of fused-ring (bicyclic) bond motifs is 27. The summed E-state index contributed by atoms with van der Waals surface area (Å²) in [6, 6.07) is 179. The summed E-state index contributed by atoms with van der Waals surface area (Å²) in [5.74, 6) is 0. The van der Waals surface area contributed by atoms with E-state index in [2.05, 4.69) is 514 Å². The summed E-state index contributed by atoms with van der Waals surface area (Å²) >= 11 is 4.74. The fraction of sp³-hybridized carbons (Fsp3) is 0. The third-order valence-electron chi connectivity index (χ3n) is 27.9. The van der Waals surface area contributed by atoms with Gasteiger partial charge in [0.1, 0.15) is 0 Å². The Morgan fingerprint density at radius 2 is 0.460 bits per heavy atom. The van der Waals surface area contributed by atoms with Crippen molar-refractivity contribution in [2.24, 2.45) is 0 Å². The van der Waals surface area contributed by atoms with Gasteiger partial charge in [0.25, 0.3) is 0 Å². The summed E-state index contributed by atoms with van der Waals surface area (Å²) in [6.07, 6.45) is 0. The Labute approximate surface area is 825 Å². The van der Waals surface area contributed by atoms with Crippen molar-refractivity contribution in [3.63, 3.8) is 0 Å². The second-order valence-electron chi connectivity index (χ2n) is 35.7. The fourth-order valence-corrected chi connectivity index (χ4v) is 30.9. The van der Waals surface area contributed by atoms with Gasteiger partial charge in [0.15, 0.2) is 0 Å². The molecule has 11 heteroatoms. The zero-order valence-electron chi connectivity index (χ0n) is 74.9. The fourth-order valence-electron chi connectivity index (χ4n) is 21.7. The summed E-state index contributed by atoms with van der Waals surface area (Å²) in [5, 5.41) is 26.0. The quantitative estimate of drug-likeness (QED) is 0.0900. The molecular formula is C128H80N6S2Se3. The monoisotopic (exact) mass is 2000 g/mol. The average molecular weight is 2000 g/mol. The summed E-state index contributed by atoms with van der Waals surface area (Å²) in [4.78, 5) is 7.41. The molecule has 0 atom stereocenters. The third kappa shape index (κ3) is 13.7. The van der Waals surface area contributed by atoms with Crippen molar-refractivity contribution in [3.8, 4) is 17.1 Å². The molecule has 6 nitrogen and oxygen atoms in total. The van der Waals surface area contributed by atoms with Crippen molar-refractivity contribution in [1.82, 2.24) is 13.7 Å². The summed E-state index contributed by atoms with van der Waals surface area (Å²) in [7, 11) is 0. The van der Waals surface area contributed by atoms with Gasteiger partial charge in [0, 0.05) is 0 Å². The maximum absolute atomic E-state index is 2.48. The minimum absolute atomic E-state index is 0.320. The first-order chi connectivity index (χ1) is 68.9. The molecule has 0 spiro atoms. The molecule has 0 amide bonds. The minimum atomic E-state index is 0.320. The first-order valence-corrected chi connectivity index (χ1v) is 53.8. The van der Waals surface area contributed by atoms with E-state index in [0.717, 1.165) is 28.4 Å². The van der Waals surface area contributed by atoms with E-state index >= 15 is 0 Å². The van der Waals surface area contributed by atoms with Crippen molar-refractivity contribution < 1.29 is 0 Å². The molecule has 652 valence electrons. The van der Waals surface area contributed by atoms with Crippen LogP contribution in [0.2, 0.25) is 0 Å². The molecule has 139 heavy (non-hydrogen) atoms. The number of para-hydroxylation sites is 6. The molecule has 0 aliphatic heterocycles. The summed E-state index contributed by atoms with van der Waals surface area (Å²) in [5.41, 5.74) is 21.2. The van der Waals surface area contributed by atoms with E-state index in [0.29, 0.717) is 43.5 Å². The van der Waals surface area contributed by atoms with Gasteiger partial charge in [-0.1, -0.05) is 18.2 Å². The SMILES string of the molecule is c1ccc(-n2c3ccccc3c3ccc(N(c4ccc5[se]c6ccccc6c5c4)c4cc5ccccc5c5ccccc45)cc32)cc1.c1ccc(-n2c3ccccc3c3ccc(N(c4ccc5[se]c6ccccc6c5c4)c4cccc5c4sc4ccccc45)cc32)cc1.c1ccc(-n2c3ccccc3c3ccc(N(c4ccc5c(c4)sc4ccccc45)c4ccc5[se]c6ccccc6c5c4)cc32)cc1. The Morgan fingerprint density at radius 1 is 0.158 bits per heavy atom. The molecule has 0 aliphatic carbocycles. The van der Waals surface area contributed by atoms with Crippen molar-refractivity contribution in [2.45, 2.75) is 0 Å². The number of hydrogen-bond donors (Lipinski definition) is 0. The predicted octanol–water partition coefficient (Wildman–Crippen LogP) is 35.9. The van der Waals surface area contributed by atoms with Gasteiger partial charge in [0.2, 0.25) is 0 Å². The Kier molecular flexibility index (Phi) is 19.7. The van der Waals surface area contributed by atoms with Gasteiger partial charge < -0.3 is 0 Å². The van der Waals surface area contributed by atoms with Crippen LogP contribution in [0.3, 0.4) is 0 Å². The van der Waals surface area contributed by atoms with Crippen LogP contribution in [-0.2, 0) is 0 Å². The zero-order valence-corrected chi connectivity index (χ0v) is 81.7. The standard InChI is InChI=1S/C44H28N2Se.2C42H26N2SSe/c1-2-13-30(14-3-1)46-40-20-10-8-18-36(40)37-24-22-32(28-42(37)46)45(31-23-25-44-39(27-31)38-19-9-11-21-43(38)47-44)41-26-29-12-4-5-15-33(29)34-16-6-7-17-35(34)41;1-2-11-27(12-3-1)44-36-17-7-4-13-30(36)31-23-21-29(26-38(31)44)43(28-22-24-41-35(25-28)33-15-6-9-20-40(33)46-41)37-18-10-16-34-32-14-5-8-19-39(32)45-42(34)37;1-2-10-27(11-3-1)44-37-15-7-4-12-31(37)32-21-18-29(25-38(32)44)43(28-20-23-42-36(24-28)35-14-6-9-17-41(35)46-42)30-19-22-34-33-13-5-8-16-39(33)45-40(34)26-30/h1-28H;2*1-26H. The van der Waals surface area contributed by atoms with Gasteiger partial charge in [-0.3, -0.25) is 0 Å². The first kappa shape index (κ1) is 81.5. The van der Waals surface area contributed by atoms with Crippen LogP contribution in [0.4, 0.5) is 51.2 Å². The molecule has 30 aromatic rings. The van der Waals surface area contributed by atoms with Crippen molar-refractivity contribution in [2.75, 3.05) is 14.7 Å². The summed E-state index contributed by atoms with van der Waals surface area (Å²) in [6.45, 7) is 0. The number of nitrogens with zero attached hydrogens (tertiary/aromatic N) is 6. The molecule has 0 bridgehead atoms. The third-order valence-corrected chi connectivity index (χ3v) is 37.5. The average Bonchev–Trinajstić information content (AvgIpc) is 1.65. The Morgan fingerprint density at radius 3 is 0.928 bits per heavy atom. The van der Waals surface area contributed by atoms with Crippen molar-refractivity contribution in [3.05, 3.63) is 485 Å². The van der Waals surface area contributed by atoms with Crippen LogP contribution < -0.4 is 14.7 Å². The molecule has 0 aliphatic rings. The molecule has 0 N–H and O–H groups in total. The molecule has 0 saturated heterocycles. The van der Waals surface area contributed by atoms with Crippen molar-refractivity contribution >= 4 is 303 Å². The van der Waals surface area contributed by atoms with E-state index in [1.165, 1.54) is 225 Å². The number of thiophene rings is 2. The van der Waals surface area contributed by atoms with E-state index in [1.54, 1.807) is 0 Å². The second-order valence-corrected chi connectivity index (χ2v) is 44.7. The molecule has 8 aromatic heterocycles. The van der Waals surface area contributed by atoms with E-state index in [-0.39, 0.29) is 0 Å². The number of anilines is 9. The number of rotatable bonds is 12. The van der Waals surface area contributed by atoms with Crippen LogP contribution in [0.1, 0.15) is 0 Å². The van der Waals surface area contributed by atoms with Crippen molar-refractivity contribution in [1.29, 1.82) is 0 Å². The molecule has 8 heterocycles. The van der Waals surface area contributed by atoms with Gasteiger partial charge in [-0.2, -0.15) is 0 Å². The Balaban J connectivity index is 0.000000103. The van der Waals surface area contributed by atoms with Crippen LogP contribution in [0.25, 0.3) is 202 Å². The van der Waals surface area contributed by atoms with Gasteiger partial charge in [-0.05, 0) is 0 Å². The van der Waals surface area contributed by atoms with E-state index in [4.69, 9.17) is 0 Å². The maximum atomic E-state index is 2.48. The zero-order chi connectivity index (χ0) is 91.3. The van der Waals surface area contributed by atoms with Crippen LogP contribution in [0.15, 0.2) is 485 Å². The van der Waals surface area contributed by atoms with Gasteiger partial charge in [-0.25, -0.2) is 0 Å². The van der Waals surface area contributed by atoms with Crippen LogP contribution >= 0.6 is 22.7 Å². The number of benzene rings is 22.